The first kappa shape index (κ1) is 19.3. The van der Waals surface area contributed by atoms with E-state index in [2.05, 4.69) is 42.4 Å². The van der Waals surface area contributed by atoms with Crippen LogP contribution in [-0.4, -0.2) is 61.3 Å². The van der Waals surface area contributed by atoms with Crippen LogP contribution >= 0.6 is 0 Å². The van der Waals surface area contributed by atoms with Gasteiger partial charge in [-0.05, 0) is 50.7 Å². The Hall–Kier alpha value is -3.65. The van der Waals surface area contributed by atoms with E-state index < -0.39 is 0 Å². The summed E-state index contributed by atoms with van der Waals surface area (Å²) in [6.07, 6.45) is 9.13. The van der Waals surface area contributed by atoms with Crippen molar-refractivity contribution in [3.63, 3.8) is 0 Å². The Morgan fingerprint density at radius 3 is 2.74 bits per heavy atom. The van der Waals surface area contributed by atoms with E-state index in [9.17, 15) is 5.11 Å². The fraction of sp³-hybridized carbons (Fsp3) is 0.261. The third kappa shape index (κ3) is 3.89. The molecule has 2 N–H and O–H groups in total. The van der Waals surface area contributed by atoms with E-state index in [-0.39, 0.29) is 5.75 Å². The van der Waals surface area contributed by atoms with Gasteiger partial charge in [0.25, 0.3) is 0 Å². The first-order valence-electron chi connectivity index (χ1n) is 10.4. The topological polar surface area (TPSA) is 100.0 Å². The highest BCUT2D eigenvalue weighted by Gasteiger charge is 2.20. The number of piperidine rings is 1. The van der Waals surface area contributed by atoms with Gasteiger partial charge in [0.2, 0.25) is 0 Å². The van der Waals surface area contributed by atoms with E-state index in [0.717, 1.165) is 48.1 Å². The maximum Gasteiger partial charge on any atom is 0.159 e. The number of hydrogen-bond donors (Lipinski definition) is 2. The molecule has 0 saturated carbocycles. The minimum absolute atomic E-state index is 0.104. The number of likely N-dealkylation sites (N-methyl/N-ethyl adjacent to an activating group) is 1. The number of phenolic OH excluding ortho intramolecular Hbond substituents is 1. The summed E-state index contributed by atoms with van der Waals surface area (Å²) < 4.78 is 0. The van der Waals surface area contributed by atoms with Crippen molar-refractivity contribution in [2.24, 2.45) is 0 Å². The zero-order valence-corrected chi connectivity index (χ0v) is 17.2. The number of benzene rings is 1. The number of fused-ring (bicyclic) bond motifs is 1. The van der Waals surface area contributed by atoms with E-state index in [0.29, 0.717) is 23.1 Å². The van der Waals surface area contributed by atoms with Crippen LogP contribution in [0.4, 0.5) is 5.82 Å². The predicted octanol–water partition coefficient (Wildman–Crippen LogP) is 3.36. The largest absolute Gasteiger partial charge is 0.507 e. The zero-order chi connectivity index (χ0) is 21.2. The molecule has 1 fully saturated rings. The molecule has 0 amide bonds. The first-order valence-corrected chi connectivity index (χ1v) is 10.4. The SMILES string of the molecule is CN1CCC[C@@H](Nc2nnc(-c3ccc(-c4ncccn4)cc3O)c3ccncc23)C1. The van der Waals surface area contributed by atoms with Crippen LogP contribution in [0.3, 0.4) is 0 Å². The maximum atomic E-state index is 10.8. The normalized spacial score (nSPS) is 17.0. The summed E-state index contributed by atoms with van der Waals surface area (Å²) in [5.74, 6) is 1.38. The Morgan fingerprint density at radius 1 is 1.06 bits per heavy atom. The standard InChI is InChI=1S/C23H23N7O/c1-30-11-2-4-16(14-30)27-23-19-13-24-10-7-17(19)21(28-29-23)18-6-5-15(12-20(18)31)22-25-8-3-9-26-22/h3,5-10,12-13,16,31H,2,4,11,14H2,1H3,(H,27,29)/t16-/m1/s1. The monoisotopic (exact) mass is 413 g/mol. The van der Waals surface area contributed by atoms with Crippen molar-refractivity contribution in [1.29, 1.82) is 0 Å². The number of hydrogen-bond acceptors (Lipinski definition) is 8. The van der Waals surface area contributed by atoms with Crippen molar-refractivity contribution in [3.8, 4) is 28.4 Å². The second-order valence-corrected chi connectivity index (χ2v) is 7.87. The van der Waals surface area contributed by atoms with Crippen molar-refractivity contribution >= 4 is 16.6 Å². The van der Waals surface area contributed by atoms with Crippen molar-refractivity contribution < 1.29 is 5.11 Å². The third-order valence-electron chi connectivity index (χ3n) is 5.62. The Bertz CT molecular complexity index is 1220. The molecule has 0 radical (unpaired) electrons. The second kappa shape index (κ2) is 8.23. The van der Waals surface area contributed by atoms with Gasteiger partial charge >= 0.3 is 0 Å². The first-order chi connectivity index (χ1) is 15.2. The number of anilines is 1. The van der Waals surface area contributed by atoms with Crippen molar-refractivity contribution in [2.45, 2.75) is 18.9 Å². The molecule has 31 heavy (non-hydrogen) atoms. The average molecular weight is 413 g/mol. The van der Waals surface area contributed by atoms with Crippen LogP contribution in [0, 0.1) is 0 Å². The Balaban J connectivity index is 1.52. The van der Waals surface area contributed by atoms with Crippen LogP contribution < -0.4 is 5.32 Å². The third-order valence-corrected chi connectivity index (χ3v) is 5.62. The molecule has 8 heteroatoms. The molecule has 4 heterocycles. The fourth-order valence-electron chi connectivity index (χ4n) is 4.10. The number of likely N-dealkylation sites (tertiary alicyclic amines) is 1. The molecule has 1 atom stereocenters. The highest BCUT2D eigenvalue weighted by molar-refractivity contribution is 6.00. The van der Waals surface area contributed by atoms with Gasteiger partial charge in [-0.25, -0.2) is 9.97 Å². The maximum absolute atomic E-state index is 10.8. The molecule has 0 unspecified atom stereocenters. The van der Waals surface area contributed by atoms with E-state index in [1.807, 2.05) is 18.2 Å². The lowest BCUT2D eigenvalue weighted by Gasteiger charge is -2.30. The minimum atomic E-state index is 0.104. The number of phenols is 1. The summed E-state index contributed by atoms with van der Waals surface area (Å²) >= 11 is 0. The van der Waals surface area contributed by atoms with Gasteiger partial charge in [0.15, 0.2) is 11.6 Å². The summed E-state index contributed by atoms with van der Waals surface area (Å²) in [5.41, 5.74) is 1.95. The molecule has 4 aromatic rings. The van der Waals surface area contributed by atoms with Gasteiger partial charge in [-0.2, -0.15) is 0 Å². The summed E-state index contributed by atoms with van der Waals surface area (Å²) in [7, 11) is 2.13. The Labute approximate surface area is 180 Å². The van der Waals surface area contributed by atoms with Gasteiger partial charge in [-0.15, -0.1) is 10.2 Å². The number of pyridine rings is 1. The van der Waals surface area contributed by atoms with Crippen molar-refractivity contribution in [2.75, 3.05) is 25.5 Å². The lowest BCUT2D eigenvalue weighted by molar-refractivity contribution is 0.261. The van der Waals surface area contributed by atoms with Gasteiger partial charge in [0.1, 0.15) is 11.4 Å². The summed E-state index contributed by atoms with van der Waals surface area (Å²) in [4.78, 5) is 15.1. The number of nitrogens with zero attached hydrogens (tertiary/aromatic N) is 6. The lowest BCUT2D eigenvalue weighted by atomic mass is 10.0. The molecule has 5 rings (SSSR count). The van der Waals surface area contributed by atoms with Crippen LogP contribution in [0.2, 0.25) is 0 Å². The van der Waals surface area contributed by atoms with E-state index in [1.165, 1.54) is 0 Å². The number of nitrogens with one attached hydrogen (secondary N) is 1. The Morgan fingerprint density at radius 2 is 1.94 bits per heavy atom. The van der Waals surface area contributed by atoms with Gasteiger partial charge in [-0.3, -0.25) is 4.98 Å². The van der Waals surface area contributed by atoms with Gasteiger partial charge in [0.05, 0.1) is 0 Å². The van der Waals surface area contributed by atoms with E-state index in [1.54, 1.807) is 36.9 Å². The van der Waals surface area contributed by atoms with Gasteiger partial charge in [-0.1, -0.05) is 6.07 Å². The number of aromatic hydroxyl groups is 1. The molecule has 1 aliphatic heterocycles. The zero-order valence-electron chi connectivity index (χ0n) is 17.2. The molecule has 1 aliphatic rings. The molecule has 0 spiro atoms. The molecular formula is C23H23N7O. The molecule has 0 aliphatic carbocycles. The minimum Gasteiger partial charge on any atom is -0.507 e. The molecule has 156 valence electrons. The molecule has 3 aromatic heterocycles. The van der Waals surface area contributed by atoms with Gasteiger partial charge < -0.3 is 15.3 Å². The van der Waals surface area contributed by atoms with Crippen LogP contribution in [0.5, 0.6) is 5.75 Å². The molecule has 1 aromatic carbocycles. The fourth-order valence-corrected chi connectivity index (χ4v) is 4.10. The molecule has 1 saturated heterocycles. The molecule has 8 nitrogen and oxygen atoms in total. The smallest absolute Gasteiger partial charge is 0.159 e. The van der Waals surface area contributed by atoms with E-state index in [4.69, 9.17) is 0 Å². The van der Waals surface area contributed by atoms with E-state index >= 15 is 0 Å². The quantitative estimate of drug-likeness (QED) is 0.525. The summed E-state index contributed by atoms with van der Waals surface area (Å²) in [6, 6.07) is 9.35. The summed E-state index contributed by atoms with van der Waals surface area (Å²) in [5, 5.41) is 25.0. The van der Waals surface area contributed by atoms with Gasteiger partial charge in [0, 0.05) is 59.3 Å². The molecular weight excluding hydrogens is 390 g/mol. The van der Waals surface area contributed by atoms with Crippen LogP contribution in [-0.2, 0) is 0 Å². The van der Waals surface area contributed by atoms with Crippen LogP contribution in [0.25, 0.3) is 33.4 Å². The van der Waals surface area contributed by atoms with Crippen molar-refractivity contribution in [1.82, 2.24) is 30.0 Å². The molecule has 0 bridgehead atoms. The summed E-state index contributed by atoms with van der Waals surface area (Å²) in [6.45, 7) is 2.09. The average Bonchev–Trinajstić information content (AvgIpc) is 2.80. The number of rotatable bonds is 4. The van der Waals surface area contributed by atoms with Crippen LogP contribution in [0.15, 0.2) is 55.1 Å². The second-order valence-electron chi connectivity index (χ2n) is 7.87. The lowest BCUT2D eigenvalue weighted by Crippen LogP contribution is -2.40. The highest BCUT2D eigenvalue weighted by atomic mass is 16.3. The predicted molar refractivity (Wildman–Crippen MR) is 120 cm³/mol. The number of aromatic nitrogens is 5. The Kier molecular flexibility index (Phi) is 5.13. The highest BCUT2D eigenvalue weighted by Crippen LogP contribution is 2.36. The van der Waals surface area contributed by atoms with Crippen LogP contribution in [0.1, 0.15) is 12.8 Å². The van der Waals surface area contributed by atoms with Crippen molar-refractivity contribution in [3.05, 3.63) is 55.1 Å².